The van der Waals surface area contributed by atoms with Crippen molar-refractivity contribution in [2.45, 2.75) is 123 Å². The molecule has 0 aliphatic heterocycles. The van der Waals surface area contributed by atoms with Gasteiger partial charge in [0.15, 0.2) is 0 Å². The molecule has 0 bridgehead atoms. The first-order chi connectivity index (χ1) is 14.2. The van der Waals surface area contributed by atoms with E-state index in [1.54, 1.807) is 6.92 Å². The summed E-state index contributed by atoms with van der Waals surface area (Å²) in [6, 6.07) is 0. The lowest BCUT2D eigenvalue weighted by Crippen LogP contribution is -2.01. The van der Waals surface area contributed by atoms with Crippen molar-refractivity contribution in [1.29, 1.82) is 0 Å². The summed E-state index contributed by atoms with van der Waals surface area (Å²) >= 11 is 0. The third-order valence-corrected chi connectivity index (χ3v) is 5.44. The van der Waals surface area contributed by atoms with E-state index < -0.39 is 10.1 Å². The van der Waals surface area contributed by atoms with Crippen molar-refractivity contribution in [2.75, 3.05) is 33.4 Å². The number of unbranched alkanes of at least 4 members (excludes halogenated alkanes) is 15. The highest BCUT2D eigenvalue weighted by Gasteiger charge is 1.98. The van der Waals surface area contributed by atoms with E-state index in [-0.39, 0.29) is 5.75 Å². The molecule has 0 aliphatic rings. The molecular formula is C24H56N2O3S. The molecule has 186 valence electrons. The largest absolute Gasteiger partial charge is 0.330 e. The van der Waals surface area contributed by atoms with Gasteiger partial charge in [-0.1, -0.05) is 110 Å². The van der Waals surface area contributed by atoms with E-state index in [4.69, 9.17) is 10.3 Å². The molecule has 0 saturated heterocycles. The Kier molecular flexibility index (Phi) is 33.1. The van der Waals surface area contributed by atoms with E-state index >= 15 is 0 Å². The lowest BCUT2D eigenvalue weighted by atomic mass is 10.0. The normalized spacial score (nSPS) is 10.9. The maximum atomic E-state index is 9.79. The second kappa shape index (κ2) is 28.8. The van der Waals surface area contributed by atoms with Gasteiger partial charge in [0.25, 0.3) is 10.1 Å². The number of hydrogen-bond acceptors (Lipinski definition) is 4. The van der Waals surface area contributed by atoms with Gasteiger partial charge in [-0.05, 0) is 40.5 Å². The van der Waals surface area contributed by atoms with Crippen LogP contribution in [0.3, 0.4) is 0 Å². The van der Waals surface area contributed by atoms with Crippen LogP contribution >= 0.6 is 0 Å². The molecule has 0 fully saturated rings. The Hall–Kier alpha value is -0.170. The molecule has 0 aromatic rings. The molecule has 5 nitrogen and oxygen atoms in total. The maximum Gasteiger partial charge on any atom is 0.264 e. The molecule has 0 atom stereocenters. The number of hydrogen-bond donors (Lipinski definition) is 2. The van der Waals surface area contributed by atoms with Gasteiger partial charge in [-0.25, -0.2) is 0 Å². The predicted molar refractivity (Wildman–Crippen MR) is 135 cm³/mol. The van der Waals surface area contributed by atoms with E-state index in [1.165, 1.54) is 103 Å². The molecule has 0 heterocycles. The van der Waals surface area contributed by atoms with E-state index in [1.807, 2.05) is 26.0 Å². The zero-order valence-corrected chi connectivity index (χ0v) is 21.9. The molecule has 0 unspecified atom stereocenters. The average molecular weight is 453 g/mol. The number of nitrogens with two attached hydrogens (primary N) is 1. The monoisotopic (exact) mass is 452 g/mol. The van der Waals surface area contributed by atoms with Gasteiger partial charge >= 0.3 is 0 Å². The third kappa shape index (κ3) is 50.9. The highest BCUT2D eigenvalue weighted by atomic mass is 32.2. The first-order valence-electron chi connectivity index (χ1n) is 12.5. The molecule has 6 heteroatoms. The summed E-state index contributed by atoms with van der Waals surface area (Å²) in [6.45, 7) is 4.85. The number of nitrogens with zero attached hydrogens (tertiary/aromatic N) is 1. The number of rotatable bonds is 18. The van der Waals surface area contributed by atoms with Crippen molar-refractivity contribution < 1.29 is 13.0 Å². The summed E-state index contributed by atoms with van der Waals surface area (Å²) in [4.78, 5) is 2.00. The molecule has 0 radical (unpaired) electrons. The Morgan fingerprint density at radius 3 is 1.03 bits per heavy atom. The van der Waals surface area contributed by atoms with E-state index in [0.29, 0.717) is 6.42 Å². The second-order valence-corrected chi connectivity index (χ2v) is 10.3. The smallest absolute Gasteiger partial charge is 0.264 e. The summed E-state index contributed by atoms with van der Waals surface area (Å²) < 4.78 is 27.6. The van der Waals surface area contributed by atoms with Crippen molar-refractivity contribution in [3.8, 4) is 0 Å². The summed E-state index contributed by atoms with van der Waals surface area (Å²) in [6.07, 6.45) is 23.3. The fraction of sp³-hybridized carbons (Fsp3) is 1.00. The van der Waals surface area contributed by atoms with E-state index in [0.717, 1.165) is 6.54 Å². The van der Waals surface area contributed by atoms with Gasteiger partial charge in [-0.3, -0.25) is 4.55 Å². The van der Waals surface area contributed by atoms with Crippen molar-refractivity contribution in [3.63, 3.8) is 0 Å². The van der Waals surface area contributed by atoms with Crippen molar-refractivity contribution in [3.05, 3.63) is 0 Å². The van der Waals surface area contributed by atoms with Gasteiger partial charge in [-0.2, -0.15) is 8.42 Å². The first kappa shape index (κ1) is 34.4. The van der Waals surface area contributed by atoms with Crippen LogP contribution in [0.1, 0.15) is 123 Å². The van der Waals surface area contributed by atoms with Crippen LogP contribution in [-0.4, -0.2) is 51.3 Å². The van der Waals surface area contributed by atoms with Crippen LogP contribution in [-0.2, 0) is 10.1 Å². The highest BCUT2D eigenvalue weighted by molar-refractivity contribution is 7.85. The van der Waals surface area contributed by atoms with Crippen LogP contribution < -0.4 is 5.73 Å². The molecule has 0 amide bonds. The molecule has 0 aromatic carbocycles. The van der Waals surface area contributed by atoms with Gasteiger partial charge < -0.3 is 10.6 Å². The van der Waals surface area contributed by atoms with Crippen LogP contribution in [0.2, 0.25) is 0 Å². The first-order valence-corrected chi connectivity index (χ1v) is 14.1. The predicted octanol–water partition coefficient (Wildman–Crippen LogP) is 6.67. The van der Waals surface area contributed by atoms with Crippen molar-refractivity contribution in [2.24, 2.45) is 5.73 Å². The summed E-state index contributed by atoms with van der Waals surface area (Å²) in [5.41, 5.74) is 5.48. The quantitative estimate of drug-likeness (QED) is 0.179. The standard InChI is InChI=1S/C18H39N.C3H9N.C3H8O3S/c1-2-3-4-5-6-7-8-9-10-11-12-13-14-15-16-17-18-19;1-4(2)3;1-2-3-7(4,5)6/h2-19H2,1H3;1-3H3;2-3H2,1H3,(H,4,5,6). The summed E-state index contributed by atoms with van der Waals surface area (Å²) in [5, 5.41) is 0. The summed E-state index contributed by atoms with van der Waals surface area (Å²) in [7, 11) is 2.33. The maximum absolute atomic E-state index is 9.79. The molecule has 0 spiro atoms. The van der Waals surface area contributed by atoms with Gasteiger partial charge in [0.1, 0.15) is 0 Å². The molecule has 0 saturated carbocycles. The molecule has 0 aliphatic carbocycles. The molecule has 0 aromatic heterocycles. The topological polar surface area (TPSA) is 83.6 Å². The Morgan fingerprint density at radius 1 is 0.600 bits per heavy atom. The van der Waals surface area contributed by atoms with Crippen LogP contribution in [0.5, 0.6) is 0 Å². The van der Waals surface area contributed by atoms with Gasteiger partial charge in [0.2, 0.25) is 0 Å². The van der Waals surface area contributed by atoms with Crippen LogP contribution in [0, 0.1) is 0 Å². The van der Waals surface area contributed by atoms with Crippen LogP contribution in [0.25, 0.3) is 0 Å². The van der Waals surface area contributed by atoms with E-state index in [2.05, 4.69) is 6.92 Å². The molecule has 0 rings (SSSR count). The zero-order valence-electron chi connectivity index (χ0n) is 21.1. The third-order valence-electron chi connectivity index (χ3n) is 4.52. The SMILES string of the molecule is CCCCCCCCCCCCCCCCCCN.CCCS(=O)(=O)O.CN(C)C. The molecular weight excluding hydrogens is 396 g/mol. The minimum absolute atomic E-state index is 0.132. The Balaban J connectivity index is -0.000000543. The van der Waals surface area contributed by atoms with Gasteiger partial charge in [-0.15, -0.1) is 0 Å². The molecule has 3 N–H and O–H groups in total. The second-order valence-electron chi connectivity index (χ2n) is 8.72. The minimum Gasteiger partial charge on any atom is -0.330 e. The Bertz CT molecular complexity index is 369. The van der Waals surface area contributed by atoms with Crippen LogP contribution in [0.4, 0.5) is 0 Å². The average Bonchev–Trinajstić information content (AvgIpc) is 2.64. The van der Waals surface area contributed by atoms with Crippen LogP contribution in [0.15, 0.2) is 0 Å². The van der Waals surface area contributed by atoms with E-state index in [9.17, 15) is 8.42 Å². The zero-order chi connectivity index (χ0) is 23.5. The van der Waals surface area contributed by atoms with Crippen molar-refractivity contribution >= 4 is 10.1 Å². The summed E-state index contributed by atoms with van der Waals surface area (Å²) in [5.74, 6) is -0.132. The fourth-order valence-electron chi connectivity index (χ4n) is 2.95. The minimum atomic E-state index is -3.67. The fourth-order valence-corrected chi connectivity index (χ4v) is 3.47. The Labute approximate surface area is 190 Å². The highest BCUT2D eigenvalue weighted by Crippen LogP contribution is 2.13. The lowest BCUT2D eigenvalue weighted by molar-refractivity contribution is 0.482. The lowest BCUT2D eigenvalue weighted by Gasteiger charge is -2.03. The van der Waals surface area contributed by atoms with Gasteiger partial charge in [0, 0.05) is 0 Å². The van der Waals surface area contributed by atoms with Crippen molar-refractivity contribution in [1.82, 2.24) is 4.90 Å². The molecule has 30 heavy (non-hydrogen) atoms. The van der Waals surface area contributed by atoms with Gasteiger partial charge in [0.05, 0.1) is 5.75 Å². The Morgan fingerprint density at radius 2 is 0.867 bits per heavy atom.